The zero-order valence-corrected chi connectivity index (χ0v) is 12.3. The number of benzene rings is 1. The van der Waals surface area contributed by atoms with Crippen molar-refractivity contribution < 1.29 is 14.6 Å². The van der Waals surface area contributed by atoms with Crippen LogP contribution in [0.3, 0.4) is 0 Å². The fourth-order valence-corrected chi connectivity index (χ4v) is 1.82. The number of nitrogens with zero attached hydrogens (tertiary/aromatic N) is 1. The van der Waals surface area contributed by atoms with Crippen molar-refractivity contribution in [1.29, 1.82) is 0 Å². The monoisotopic (exact) mass is 267 g/mol. The van der Waals surface area contributed by atoms with E-state index in [2.05, 4.69) is 4.90 Å². The molecule has 0 spiro atoms. The van der Waals surface area contributed by atoms with Crippen LogP contribution in [0.1, 0.15) is 31.9 Å². The van der Waals surface area contributed by atoms with Crippen LogP contribution in [0.5, 0.6) is 11.5 Å². The molecule has 1 atom stereocenters. The molecule has 0 fully saturated rings. The fraction of sp³-hybridized carbons (Fsp3) is 0.600. The molecule has 1 unspecified atom stereocenters. The third-order valence-corrected chi connectivity index (χ3v) is 2.80. The van der Waals surface area contributed by atoms with Crippen molar-refractivity contribution in [3.8, 4) is 11.5 Å². The fourth-order valence-electron chi connectivity index (χ4n) is 1.82. The third-order valence-electron chi connectivity index (χ3n) is 2.80. The lowest BCUT2D eigenvalue weighted by Crippen LogP contribution is -2.15. The van der Waals surface area contributed by atoms with E-state index in [0.29, 0.717) is 25.4 Å². The summed E-state index contributed by atoms with van der Waals surface area (Å²) in [5.41, 5.74) is 0.869. The molecule has 4 heteroatoms. The zero-order valence-electron chi connectivity index (χ0n) is 12.3. The predicted molar refractivity (Wildman–Crippen MR) is 76.9 cm³/mol. The Labute approximate surface area is 115 Å². The number of aliphatic hydroxyl groups is 1. The average Bonchev–Trinajstić information content (AvgIpc) is 2.38. The van der Waals surface area contributed by atoms with E-state index in [-0.39, 0.29) is 0 Å². The highest BCUT2D eigenvalue weighted by molar-refractivity contribution is 5.43. The Bertz CT molecular complexity index is 380. The molecular weight excluding hydrogens is 242 g/mol. The van der Waals surface area contributed by atoms with Crippen LogP contribution in [0, 0.1) is 0 Å². The van der Waals surface area contributed by atoms with Gasteiger partial charge in [0, 0.05) is 6.54 Å². The first-order chi connectivity index (χ1) is 9.08. The Morgan fingerprint density at radius 1 is 1.11 bits per heavy atom. The van der Waals surface area contributed by atoms with Crippen LogP contribution < -0.4 is 9.47 Å². The van der Waals surface area contributed by atoms with Crippen molar-refractivity contribution in [2.45, 2.75) is 26.4 Å². The summed E-state index contributed by atoms with van der Waals surface area (Å²) >= 11 is 0. The summed E-state index contributed by atoms with van der Waals surface area (Å²) in [6.07, 6.45) is 0.226. The molecule has 0 radical (unpaired) electrons. The van der Waals surface area contributed by atoms with Gasteiger partial charge in [-0.05, 0) is 52.1 Å². The van der Waals surface area contributed by atoms with Gasteiger partial charge in [-0.3, -0.25) is 0 Å². The van der Waals surface area contributed by atoms with E-state index < -0.39 is 6.10 Å². The molecule has 0 aromatic heterocycles. The molecule has 0 saturated heterocycles. The molecule has 1 aromatic rings. The summed E-state index contributed by atoms with van der Waals surface area (Å²) < 4.78 is 11.1. The van der Waals surface area contributed by atoms with E-state index in [0.717, 1.165) is 17.9 Å². The lowest BCUT2D eigenvalue weighted by Gasteiger charge is -2.17. The number of ether oxygens (including phenoxy) is 2. The van der Waals surface area contributed by atoms with Gasteiger partial charge < -0.3 is 19.5 Å². The van der Waals surface area contributed by atoms with Crippen LogP contribution >= 0.6 is 0 Å². The number of aliphatic hydroxyl groups excluding tert-OH is 1. The van der Waals surface area contributed by atoms with Gasteiger partial charge in [0.2, 0.25) is 0 Å². The quantitative estimate of drug-likeness (QED) is 0.785. The van der Waals surface area contributed by atoms with Gasteiger partial charge in [-0.25, -0.2) is 0 Å². The van der Waals surface area contributed by atoms with E-state index in [1.54, 1.807) is 0 Å². The van der Waals surface area contributed by atoms with Crippen LogP contribution in [0.2, 0.25) is 0 Å². The lowest BCUT2D eigenvalue weighted by atomic mass is 10.1. The van der Waals surface area contributed by atoms with E-state index >= 15 is 0 Å². The van der Waals surface area contributed by atoms with Gasteiger partial charge in [0.15, 0.2) is 11.5 Å². The lowest BCUT2D eigenvalue weighted by molar-refractivity contribution is 0.153. The van der Waals surface area contributed by atoms with Crippen LogP contribution in [-0.2, 0) is 0 Å². The molecule has 0 aliphatic heterocycles. The van der Waals surface area contributed by atoms with E-state index in [9.17, 15) is 5.11 Å². The van der Waals surface area contributed by atoms with Crippen molar-refractivity contribution >= 4 is 0 Å². The SMILES string of the molecule is CCOc1ccc(C(O)CCN(C)C)cc1OCC. The van der Waals surface area contributed by atoms with Gasteiger partial charge in [-0.15, -0.1) is 0 Å². The minimum Gasteiger partial charge on any atom is -0.490 e. The topological polar surface area (TPSA) is 41.9 Å². The Kier molecular flexibility index (Phi) is 6.67. The Balaban J connectivity index is 2.81. The van der Waals surface area contributed by atoms with Crippen LogP contribution in [0.15, 0.2) is 18.2 Å². The number of hydrogen-bond acceptors (Lipinski definition) is 4. The van der Waals surface area contributed by atoms with Gasteiger partial charge in [0.1, 0.15) is 0 Å². The van der Waals surface area contributed by atoms with Crippen molar-refractivity contribution in [2.75, 3.05) is 33.9 Å². The van der Waals surface area contributed by atoms with Crippen molar-refractivity contribution in [3.05, 3.63) is 23.8 Å². The molecule has 1 rings (SSSR count). The van der Waals surface area contributed by atoms with Crippen LogP contribution in [0.4, 0.5) is 0 Å². The summed E-state index contributed by atoms with van der Waals surface area (Å²) in [5, 5.41) is 10.2. The Hall–Kier alpha value is -1.26. The molecule has 0 saturated carbocycles. The maximum absolute atomic E-state index is 10.2. The first kappa shape index (κ1) is 15.8. The minimum absolute atomic E-state index is 0.475. The van der Waals surface area contributed by atoms with E-state index in [1.807, 2.05) is 46.1 Å². The summed E-state index contributed by atoms with van der Waals surface area (Å²) in [7, 11) is 3.99. The van der Waals surface area contributed by atoms with Crippen LogP contribution in [0.25, 0.3) is 0 Å². The normalized spacial score (nSPS) is 12.5. The first-order valence-electron chi connectivity index (χ1n) is 6.80. The van der Waals surface area contributed by atoms with E-state index in [1.165, 1.54) is 0 Å². The standard InChI is InChI=1S/C15H25NO3/c1-5-18-14-8-7-12(11-15(14)19-6-2)13(17)9-10-16(3)4/h7-8,11,13,17H,5-6,9-10H2,1-4H3. The van der Waals surface area contributed by atoms with E-state index in [4.69, 9.17) is 9.47 Å². The Morgan fingerprint density at radius 3 is 2.32 bits per heavy atom. The predicted octanol–water partition coefficient (Wildman–Crippen LogP) is 2.47. The second-order valence-corrected chi connectivity index (χ2v) is 4.68. The second-order valence-electron chi connectivity index (χ2n) is 4.68. The third kappa shape index (κ3) is 5.09. The number of hydrogen-bond donors (Lipinski definition) is 1. The summed E-state index contributed by atoms with van der Waals surface area (Å²) in [6, 6.07) is 5.63. The molecule has 108 valence electrons. The molecule has 0 bridgehead atoms. The van der Waals surface area contributed by atoms with Crippen molar-refractivity contribution in [1.82, 2.24) is 4.90 Å². The molecule has 1 N–H and O–H groups in total. The molecule has 0 heterocycles. The highest BCUT2D eigenvalue weighted by atomic mass is 16.5. The molecule has 0 aliphatic rings. The Morgan fingerprint density at radius 2 is 1.74 bits per heavy atom. The highest BCUT2D eigenvalue weighted by Crippen LogP contribution is 2.31. The summed E-state index contributed by atoms with van der Waals surface area (Å²) in [6.45, 7) is 5.90. The maximum Gasteiger partial charge on any atom is 0.161 e. The minimum atomic E-state index is -0.475. The smallest absolute Gasteiger partial charge is 0.161 e. The summed E-state index contributed by atoms with van der Waals surface area (Å²) in [5.74, 6) is 1.43. The van der Waals surface area contributed by atoms with Gasteiger partial charge in [0.25, 0.3) is 0 Å². The molecular formula is C15H25NO3. The van der Waals surface area contributed by atoms with Crippen molar-refractivity contribution in [3.63, 3.8) is 0 Å². The van der Waals surface area contributed by atoms with Crippen molar-refractivity contribution in [2.24, 2.45) is 0 Å². The molecule has 19 heavy (non-hydrogen) atoms. The molecule has 1 aromatic carbocycles. The molecule has 0 aliphatic carbocycles. The second kappa shape index (κ2) is 8.02. The van der Waals surface area contributed by atoms with Gasteiger partial charge in [-0.1, -0.05) is 6.07 Å². The van der Waals surface area contributed by atoms with Crippen LogP contribution in [-0.4, -0.2) is 43.9 Å². The largest absolute Gasteiger partial charge is 0.490 e. The maximum atomic E-state index is 10.2. The zero-order chi connectivity index (χ0) is 14.3. The summed E-state index contributed by atoms with van der Waals surface area (Å²) in [4.78, 5) is 2.06. The number of rotatable bonds is 8. The average molecular weight is 267 g/mol. The molecule has 4 nitrogen and oxygen atoms in total. The highest BCUT2D eigenvalue weighted by Gasteiger charge is 2.12. The van der Waals surface area contributed by atoms with Gasteiger partial charge in [-0.2, -0.15) is 0 Å². The van der Waals surface area contributed by atoms with Gasteiger partial charge >= 0.3 is 0 Å². The molecule has 0 amide bonds. The van der Waals surface area contributed by atoms with Gasteiger partial charge in [0.05, 0.1) is 19.3 Å². The first-order valence-corrected chi connectivity index (χ1v) is 6.80.